The number of nitrogens with zero attached hydrogens (tertiary/aromatic N) is 2. The van der Waals surface area contributed by atoms with Crippen molar-refractivity contribution in [3.8, 4) is 11.5 Å². The maximum atomic E-state index is 13.2. The molecule has 5 nitrogen and oxygen atoms in total. The molecule has 3 aromatic rings. The van der Waals surface area contributed by atoms with Crippen molar-refractivity contribution in [1.29, 1.82) is 0 Å². The highest BCUT2D eigenvalue weighted by atomic mass is 32.1. The summed E-state index contributed by atoms with van der Waals surface area (Å²) in [6.45, 7) is 5.54. The molecule has 6 heteroatoms. The summed E-state index contributed by atoms with van der Waals surface area (Å²) in [4.78, 5) is 18.5. The minimum Gasteiger partial charge on any atom is -0.493 e. The largest absolute Gasteiger partial charge is 0.493 e. The Labute approximate surface area is 213 Å². The van der Waals surface area contributed by atoms with Gasteiger partial charge in [-0.25, -0.2) is 0 Å². The maximum Gasteiger partial charge on any atom is 0.263 e. The lowest BCUT2D eigenvalue weighted by Gasteiger charge is -2.40. The van der Waals surface area contributed by atoms with Crippen LogP contribution in [0.5, 0.6) is 11.5 Å². The molecule has 4 rings (SSSR count). The quantitative estimate of drug-likeness (QED) is 0.361. The van der Waals surface area contributed by atoms with Gasteiger partial charge in [-0.05, 0) is 79.9 Å². The van der Waals surface area contributed by atoms with Gasteiger partial charge in [-0.3, -0.25) is 9.69 Å². The number of carbonyl (C=O) groups excluding carboxylic acids is 1. The zero-order valence-electron chi connectivity index (χ0n) is 21.0. The van der Waals surface area contributed by atoms with Crippen LogP contribution < -0.4 is 9.47 Å². The predicted molar refractivity (Wildman–Crippen MR) is 143 cm³/mol. The van der Waals surface area contributed by atoms with Gasteiger partial charge in [-0.2, -0.15) is 0 Å². The van der Waals surface area contributed by atoms with E-state index in [1.54, 1.807) is 7.11 Å². The Morgan fingerprint density at radius 1 is 1.06 bits per heavy atom. The molecule has 0 radical (unpaired) electrons. The normalized spacial score (nSPS) is 15.5. The van der Waals surface area contributed by atoms with Gasteiger partial charge in [0.2, 0.25) is 0 Å². The first-order chi connectivity index (χ1) is 17.1. The van der Waals surface area contributed by atoms with E-state index in [-0.39, 0.29) is 11.9 Å². The Morgan fingerprint density at radius 2 is 1.83 bits per heavy atom. The van der Waals surface area contributed by atoms with Crippen LogP contribution in [0.1, 0.15) is 40.6 Å². The standard InChI is InChI=1S/C29H36N2O3S/c1-4-34-27-20-23(12-13-26(27)33-3)21-31-16-14-24(15-17-31)25(19-22-9-6-5-7-10-22)30(2)29(32)28-11-8-18-35-28/h5-13,18,20,24-25H,4,14-17,19,21H2,1-3H3. The summed E-state index contributed by atoms with van der Waals surface area (Å²) in [6.07, 6.45) is 3.04. The second-order valence-electron chi connectivity index (χ2n) is 9.18. The van der Waals surface area contributed by atoms with Gasteiger partial charge in [-0.1, -0.05) is 42.5 Å². The van der Waals surface area contributed by atoms with Crippen molar-refractivity contribution < 1.29 is 14.3 Å². The van der Waals surface area contributed by atoms with Crippen molar-refractivity contribution in [3.05, 3.63) is 82.0 Å². The smallest absolute Gasteiger partial charge is 0.263 e. The van der Waals surface area contributed by atoms with Crippen molar-refractivity contribution >= 4 is 17.2 Å². The third-order valence-electron chi connectivity index (χ3n) is 6.95. The summed E-state index contributed by atoms with van der Waals surface area (Å²) in [5, 5.41) is 1.97. The molecule has 1 saturated heterocycles. The summed E-state index contributed by atoms with van der Waals surface area (Å²) in [7, 11) is 3.66. The van der Waals surface area contributed by atoms with Crippen molar-refractivity contribution in [2.45, 2.75) is 38.8 Å². The third kappa shape index (κ3) is 6.44. The van der Waals surface area contributed by atoms with Crippen LogP contribution in [-0.4, -0.2) is 55.6 Å². The van der Waals surface area contributed by atoms with Gasteiger partial charge in [0.15, 0.2) is 11.5 Å². The first kappa shape index (κ1) is 25.3. The van der Waals surface area contributed by atoms with Crippen LogP contribution in [0, 0.1) is 5.92 Å². The SMILES string of the molecule is CCOc1cc(CN2CCC(C(Cc3ccccc3)N(C)C(=O)c3cccs3)CC2)ccc1OC. The summed E-state index contributed by atoms with van der Waals surface area (Å²) in [6, 6.07) is 20.8. The average molecular weight is 493 g/mol. The second kappa shape index (κ2) is 12.2. The molecular weight excluding hydrogens is 456 g/mol. The van der Waals surface area contributed by atoms with E-state index >= 15 is 0 Å². The molecule has 0 spiro atoms. The number of hydrogen-bond donors (Lipinski definition) is 0. The van der Waals surface area contributed by atoms with Crippen molar-refractivity contribution in [2.75, 3.05) is 33.9 Å². The number of hydrogen-bond acceptors (Lipinski definition) is 5. The molecule has 1 aromatic heterocycles. The lowest BCUT2D eigenvalue weighted by Crippen LogP contribution is -2.47. The maximum absolute atomic E-state index is 13.2. The van der Waals surface area contributed by atoms with E-state index in [9.17, 15) is 4.79 Å². The van der Waals surface area contributed by atoms with Crippen LogP contribution in [-0.2, 0) is 13.0 Å². The average Bonchev–Trinajstić information content (AvgIpc) is 3.43. The van der Waals surface area contributed by atoms with Gasteiger partial charge in [0, 0.05) is 19.6 Å². The number of benzene rings is 2. The molecule has 2 aromatic carbocycles. The summed E-state index contributed by atoms with van der Waals surface area (Å²) in [5.74, 6) is 2.18. The molecule has 1 aliphatic heterocycles. The number of piperidine rings is 1. The molecule has 0 N–H and O–H groups in total. The molecule has 1 unspecified atom stereocenters. The van der Waals surface area contributed by atoms with Crippen molar-refractivity contribution in [1.82, 2.24) is 9.80 Å². The number of ether oxygens (including phenoxy) is 2. The Bertz CT molecular complexity index is 1060. The molecule has 1 fully saturated rings. The molecule has 35 heavy (non-hydrogen) atoms. The minimum absolute atomic E-state index is 0.130. The Morgan fingerprint density at radius 3 is 2.49 bits per heavy atom. The second-order valence-corrected chi connectivity index (χ2v) is 10.1. The van der Waals surface area contributed by atoms with Gasteiger partial charge in [-0.15, -0.1) is 11.3 Å². The van der Waals surface area contributed by atoms with Gasteiger partial charge in [0.25, 0.3) is 5.91 Å². The Balaban J connectivity index is 1.43. The summed E-state index contributed by atoms with van der Waals surface area (Å²) >= 11 is 1.52. The number of rotatable bonds is 10. The van der Waals surface area contributed by atoms with Crippen LogP contribution >= 0.6 is 11.3 Å². The minimum atomic E-state index is 0.130. The number of amides is 1. The molecule has 1 atom stereocenters. The number of thiophene rings is 1. The van der Waals surface area contributed by atoms with Crippen LogP contribution in [0.3, 0.4) is 0 Å². The van der Waals surface area contributed by atoms with E-state index in [0.717, 1.165) is 55.3 Å². The molecule has 0 bridgehead atoms. The highest BCUT2D eigenvalue weighted by Crippen LogP contribution is 2.31. The highest BCUT2D eigenvalue weighted by Gasteiger charge is 2.32. The van der Waals surface area contributed by atoms with Crippen molar-refractivity contribution in [2.24, 2.45) is 5.92 Å². The fourth-order valence-electron chi connectivity index (χ4n) is 5.04. The third-order valence-corrected chi connectivity index (χ3v) is 7.81. The fraction of sp³-hybridized carbons (Fsp3) is 0.414. The monoisotopic (exact) mass is 492 g/mol. The van der Waals surface area contributed by atoms with Gasteiger partial charge in [0.05, 0.1) is 18.6 Å². The van der Waals surface area contributed by atoms with E-state index in [1.165, 1.54) is 22.5 Å². The van der Waals surface area contributed by atoms with E-state index in [0.29, 0.717) is 12.5 Å². The summed E-state index contributed by atoms with van der Waals surface area (Å²) in [5.41, 5.74) is 2.52. The van der Waals surface area contributed by atoms with Crippen LogP contribution in [0.15, 0.2) is 66.0 Å². The highest BCUT2D eigenvalue weighted by molar-refractivity contribution is 7.12. The van der Waals surface area contributed by atoms with Crippen molar-refractivity contribution in [3.63, 3.8) is 0 Å². The van der Waals surface area contributed by atoms with Crippen LogP contribution in [0.4, 0.5) is 0 Å². The molecular formula is C29H36N2O3S. The molecule has 186 valence electrons. The zero-order valence-corrected chi connectivity index (χ0v) is 21.8. The van der Waals surface area contributed by atoms with Crippen LogP contribution in [0.25, 0.3) is 0 Å². The lowest BCUT2D eigenvalue weighted by atomic mass is 9.84. The predicted octanol–water partition coefficient (Wildman–Crippen LogP) is 5.75. The number of likely N-dealkylation sites (N-methyl/N-ethyl adjacent to an activating group) is 1. The molecule has 0 saturated carbocycles. The first-order valence-corrected chi connectivity index (χ1v) is 13.3. The number of carbonyl (C=O) groups is 1. The van der Waals surface area contributed by atoms with E-state index < -0.39 is 0 Å². The first-order valence-electron chi connectivity index (χ1n) is 12.5. The number of methoxy groups -OCH3 is 1. The van der Waals surface area contributed by atoms with E-state index in [1.807, 2.05) is 48.5 Å². The van der Waals surface area contributed by atoms with Crippen LogP contribution in [0.2, 0.25) is 0 Å². The van der Waals surface area contributed by atoms with Gasteiger partial charge in [0.1, 0.15) is 0 Å². The Hall–Kier alpha value is -2.83. The molecule has 1 amide bonds. The molecule has 0 aliphatic carbocycles. The summed E-state index contributed by atoms with van der Waals surface area (Å²) < 4.78 is 11.2. The fourth-order valence-corrected chi connectivity index (χ4v) is 5.75. The topological polar surface area (TPSA) is 42.0 Å². The molecule has 2 heterocycles. The zero-order chi connectivity index (χ0) is 24.6. The molecule has 1 aliphatic rings. The Kier molecular flexibility index (Phi) is 8.83. The van der Waals surface area contributed by atoms with E-state index in [4.69, 9.17) is 9.47 Å². The van der Waals surface area contributed by atoms with E-state index in [2.05, 4.69) is 41.3 Å². The van der Waals surface area contributed by atoms with Gasteiger partial charge < -0.3 is 14.4 Å². The lowest BCUT2D eigenvalue weighted by molar-refractivity contribution is 0.0589. The van der Waals surface area contributed by atoms with Gasteiger partial charge >= 0.3 is 0 Å². The number of likely N-dealkylation sites (tertiary alicyclic amines) is 1.